The van der Waals surface area contributed by atoms with Crippen LogP contribution in [-0.2, 0) is 4.74 Å². The number of Topliss-reactive ketones (excluding diaryl/α,β-unsaturated/α-hetero) is 1. The Morgan fingerprint density at radius 1 is 1.35 bits per heavy atom. The van der Waals surface area contributed by atoms with Gasteiger partial charge in [-0.25, -0.2) is 0 Å². The fourth-order valence-electron chi connectivity index (χ4n) is 1.89. The van der Waals surface area contributed by atoms with E-state index in [1.165, 1.54) is 0 Å². The predicted octanol–water partition coefficient (Wildman–Crippen LogP) is 3.63. The lowest BCUT2D eigenvalue weighted by Crippen LogP contribution is -2.14. The summed E-state index contributed by atoms with van der Waals surface area (Å²) < 4.78 is 5.47. The molecule has 0 saturated carbocycles. The van der Waals surface area contributed by atoms with Crippen LogP contribution in [0, 0.1) is 12.8 Å². The zero-order chi connectivity index (χ0) is 12.7. The van der Waals surface area contributed by atoms with Crippen LogP contribution in [0.4, 0.5) is 0 Å². The maximum atomic E-state index is 11.9. The Morgan fingerprint density at radius 3 is 2.71 bits per heavy atom. The van der Waals surface area contributed by atoms with E-state index in [2.05, 4.69) is 13.8 Å². The second kappa shape index (κ2) is 7.23. The van der Waals surface area contributed by atoms with E-state index >= 15 is 0 Å². The molecule has 0 bridgehead atoms. The zero-order valence-corrected chi connectivity index (χ0v) is 11.0. The van der Waals surface area contributed by atoms with E-state index < -0.39 is 0 Å². The highest BCUT2D eigenvalue weighted by Gasteiger charge is 2.09. The Labute approximate surface area is 104 Å². The third-order valence-electron chi connectivity index (χ3n) is 2.86. The number of carbonyl (C=O) groups excluding carboxylic acids is 1. The van der Waals surface area contributed by atoms with Crippen LogP contribution >= 0.6 is 0 Å². The van der Waals surface area contributed by atoms with Gasteiger partial charge in [-0.3, -0.25) is 4.79 Å². The molecule has 2 nitrogen and oxygen atoms in total. The Kier molecular flexibility index (Phi) is 5.92. The fraction of sp³-hybridized carbons (Fsp3) is 0.533. The van der Waals surface area contributed by atoms with Gasteiger partial charge < -0.3 is 4.74 Å². The largest absolute Gasteiger partial charge is 0.373 e. The molecule has 1 aromatic rings. The van der Waals surface area contributed by atoms with E-state index in [9.17, 15) is 4.79 Å². The Hall–Kier alpha value is -1.15. The highest BCUT2D eigenvalue weighted by atomic mass is 16.5. The maximum Gasteiger partial charge on any atom is 0.188 e. The van der Waals surface area contributed by atoms with E-state index in [4.69, 9.17) is 4.74 Å². The molecule has 0 heterocycles. The first-order chi connectivity index (χ1) is 8.15. The summed E-state index contributed by atoms with van der Waals surface area (Å²) in [6, 6.07) is 7.64. The number of hydrogen-bond donors (Lipinski definition) is 0. The number of hydrogen-bond acceptors (Lipinski definition) is 2. The number of aryl methyl sites for hydroxylation is 1. The van der Waals surface area contributed by atoms with Crippen LogP contribution in [0.2, 0.25) is 0 Å². The molecule has 1 unspecified atom stereocenters. The second-order valence-corrected chi connectivity index (χ2v) is 4.65. The molecule has 1 rings (SSSR count). The van der Waals surface area contributed by atoms with Crippen LogP contribution in [0.25, 0.3) is 0 Å². The molecule has 0 radical (unpaired) electrons. The number of ketones is 1. The van der Waals surface area contributed by atoms with Gasteiger partial charge in [-0.05, 0) is 24.8 Å². The molecule has 0 aliphatic rings. The minimum atomic E-state index is 0.0757. The molecule has 0 aliphatic heterocycles. The summed E-state index contributed by atoms with van der Waals surface area (Å²) in [5, 5.41) is 0. The molecule has 94 valence electrons. The van der Waals surface area contributed by atoms with Gasteiger partial charge in [0.25, 0.3) is 0 Å². The summed E-state index contributed by atoms with van der Waals surface area (Å²) in [7, 11) is 0. The lowest BCUT2D eigenvalue weighted by atomic mass is 10.1. The van der Waals surface area contributed by atoms with E-state index in [1.807, 2.05) is 31.2 Å². The standard InChI is InChI=1S/C15H22O2/c1-4-7-12(2)10-17-11-15(16)14-9-6-5-8-13(14)3/h5-6,8-9,12H,4,7,10-11H2,1-3H3. The summed E-state index contributed by atoms with van der Waals surface area (Å²) in [5.74, 6) is 0.608. The van der Waals surface area contributed by atoms with Crippen molar-refractivity contribution in [2.45, 2.75) is 33.6 Å². The summed E-state index contributed by atoms with van der Waals surface area (Å²) in [6.45, 7) is 7.13. The molecule has 17 heavy (non-hydrogen) atoms. The molecule has 0 fully saturated rings. The summed E-state index contributed by atoms with van der Waals surface area (Å²) in [5.41, 5.74) is 1.79. The van der Waals surface area contributed by atoms with Crippen molar-refractivity contribution < 1.29 is 9.53 Å². The van der Waals surface area contributed by atoms with Gasteiger partial charge in [-0.1, -0.05) is 44.5 Å². The minimum Gasteiger partial charge on any atom is -0.373 e. The zero-order valence-electron chi connectivity index (χ0n) is 11.0. The van der Waals surface area contributed by atoms with Crippen molar-refractivity contribution in [1.29, 1.82) is 0 Å². The summed E-state index contributed by atoms with van der Waals surface area (Å²) >= 11 is 0. The van der Waals surface area contributed by atoms with Crippen LogP contribution < -0.4 is 0 Å². The van der Waals surface area contributed by atoms with Crippen molar-refractivity contribution >= 4 is 5.78 Å². The lowest BCUT2D eigenvalue weighted by molar-refractivity contribution is 0.0682. The molecule has 2 heteroatoms. The van der Waals surface area contributed by atoms with Crippen LogP contribution in [0.1, 0.15) is 42.6 Å². The second-order valence-electron chi connectivity index (χ2n) is 4.65. The van der Waals surface area contributed by atoms with E-state index in [0.717, 1.165) is 24.0 Å². The van der Waals surface area contributed by atoms with E-state index in [-0.39, 0.29) is 12.4 Å². The van der Waals surface area contributed by atoms with Crippen molar-refractivity contribution in [3.05, 3.63) is 35.4 Å². The first-order valence-corrected chi connectivity index (χ1v) is 6.31. The lowest BCUT2D eigenvalue weighted by Gasteiger charge is -2.10. The first-order valence-electron chi connectivity index (χ1n) is 6.31. The Balaban J connectivity index is 2.38. The summed E-state index contributed by atoms with van der Waals surface area (Å²) in [4.78, 5) is 11.9. The smallest absolute Gasteiger partial charge is 0.188 e. The van der Waals surface area contributed by atoms with Gasteiger partial charge in [0, 0.05) is 12.2 Å². The molecular weight excluding hydrogens is 212 g/mol. The molecule has 0 spiro atoms. The molecule has 0 saturated heterocycles. The molecule has 1 atom stereocenters. The molecule has 0 N–H and O–H groups in total. The van der Waals surface area contributed by atoms with Crippen LogP contribution in [0.3, 0.4) is 0 Å². The fourth-order valence-corrected chi connectivity index (χ4v) is 1.89. The molecular formula is C15H22O2. The van der Waals surface area contributed by atoms with Gasteiger partial charge in [-0.2, -0.15) is 0 Å². The maximum absolute atomic E-state index is 11.9. The molecule has 1 aromatic carbocycles. The van der Waals surface area contributed by atoms with Gasteiger partial charge in [0.05, 0.1) is 0 Å². The number of carbonyl (C=O) groups is 1. The Bertz CT molecular complexity index is 358. The van der Waals surface area contributed by atoms with Gasteiger partial charge in [0.1, 0.15) is 6.61 Å². The van der Waals surface area contributed by atoms with Gasteiger partial charge >= 0.3 is 0 Å². The molecule has 0 aliphatic carbocycles. The Morgan fingerprint density at radius 2 is 2.06 bits per heavy atom. The van der Waals surface area contributed by atoms with Gasteiger partial charge in [0.2, 0.25) is 0 Å². The van der Waals surface area contributed by atoms with Crippen molar-refractivity contribution in [1.82, 2.24) is 0 Å². The highest BCUT2D eigenvalue weighted by molar-refractivity contribution is 5.98. The van der Waals surface area contributed by atoms with E-state index in [0.29, 0.717) is 12.5 Å². The third kappa shape index (κ3) is 4.70. The third-order valence-corrected chi connectivity index (χ3v) is 2.86. The van der Waals surface area contributed by atoms with Gasteiger partial charge in [-0.15, -0.1) is 0 Å². The van der Waals surface area contributed by atoms with Crippen LogP contribution in [0.15, 0.2) is 24.3 Å². The number of rotatable bonds is 7. The van der Waals surface area contributed by atoms with Crippen LogP contribution in [-0.4, -0.2) is 19.0 Å². The van der Waals surface area contributed by atoms with Crippen molar-refractivity contribution in [3.63, 3.8) is 0 Å². The molecule has 0 amide bonds. The van der Waals surface area contributed by atoms with Gasteiger partial charge in [0.15, 0.2) is 5.78 Å². The summed E-state index contributed by atoms with van der Waals surface area (Å²) in [6.07, 6.45) is 2.31. The minimum absolute atomic E-state index is 0.0757. The number of benzene rings is 1. The van der Waals surface area contributed by atoms with Crippen molar-refractivity contribution in [3.8, 4) is 0 Å². The SMILES string of the molecule is CCCC(C)COCC(=O)c1ccccc1C. The topological polar surface area (TPSA) is 26.3 Å². The predicted molar refractivity (Wildman–Crippen MR) is 70.4 cm³/mol. The average Bonchev–Trinajstić information content (AvgIpc) is 2.29. The quantitative estimate of drug-likeness (QED) is 0.673. The first kappa shape index (κ1) is 13.9. The van der Waals surface area contributed by atoms with E-state index in [1.54, 1.807) is 0 Å². The van der Waals surface area contributed by atoms with Crippen molar-refractivity contribution in [2.24, 2.45) is 5.92 Å². The van der Waals surface area contributed by atoms with Crippen molar-refractivity contribution in [2.75, 3.05) is 13.2 Å². The monoisotopic (exact) mass is 234 g/mol. The van der Waals surface area contributed by atoms with Crippen LogP contribution in [0.5, 0.6) is 0 Å². The highest BCUT2D eigenvalue weighted by Crippen LogP contribution is 2.09. The number of ether oxygens (including phenoxy) is 1. The normalized spacial score (nSPS) is 12.4. The molecule has 0 aromatic heterocycles. The average molecular weight is 234 g/mol.